The van der Waals surface area contributed by atoms with Gasteiger partial charge in [-0.1, -0.05) is 0 Å². The van der Waals surface area contributed by atoms with Gasteiger partial charge in [0.05, 0.1) is 11.1 Å². The first-order valence-electron chi connectivity index (χ1n) is 7.73. The lowest BCUT2D eigenvalue weighted by Gasteiger charge is -2.12. The van der Waals surface area contributed by atoms with Crippen LogP contribution in [0.4, 0.5) is 26.3 Å². The second-order valence-electron chi connectivity index (χ2n) is 5.65. The maximum absolute atomic E-state index is 13.0. The highest BCUT2D eigenvalue weighted by Gasteiger charge is 2.38. The highest BCUT2D eigenvalue weighted by molar-refractivity contribution is 6.18. The average Bonchev–Trinajstić information content (AvgIpc) is 3.13. The Labute approximate surface area is 162 Å². The molecule has 0 saturated carbocycles. The zero-order valence-corrected chi connectivity index (χ0v) is 14.3. The quantitative estimate of drug-likeness (QED) is 0.500. The van der Waals surface area contributed by atoms with E-state index in [1.807, 2.05) is 0 Å². The Bertz CT molecular complexity index is 1080. The lowest BCUT2D eigenvalue weighted by atomic mass is 10.1. The fourth-order valence-corrected chi connectivity index (χ4v) is 2.23. The van der Waals surface area contributed by atoms with Gasteiger partial charge in [0.1, 0.15) is 24.0 Å². The number of pyridine rings is 1. The zero-order valence-electron chi connectivity index (χ0n) is 14.3. The van der Waals surface area contributed by atoms with E-state index in [9.17, 15) is 36.2 Å². The first-order valence-corrected chi connectivity index (χ1v) is 7.73. The number of hydrogen-bond acceptors (Lipinski definition) is 6. The van der Waals surface area contributed by atoms with E-state index >= 15 is 0 Å². The van der Waals surface area contributed by atoms with Gasteiger partial charge in [0.2, 0.25) is 0 Å². The second-order valence-corrected chi connectivity index (χ2v) is 5.65. The molecular formula is C16H8F6N6O2. The molecule has 0 fully saturated rings. The molecule has 8 nitrogen and oxygen atoms in total. The molecule has 14 heteroatoms. The summed E-state index contributed by atoms with van der Waals surface area (Å²) in [5.74, 6) is -1.98. The van der Waals surface area contributed by atoms with Gasteiger partial charge in [-0.25, -0.2) is 29.4 Å². The molecule has 3 rings (SSSR count). The summed E-state index contributed by atoms with van der Waals surface area (Å²) in [6.07, 6.45) is -4.82. The molecule has 0 aliphatic carbocycles. The summed E-state index contributed by atoms with van der Waals surface area (Å²) >= 11 is 0. The standard InChI is InChI=1S/C16H8F6N6O2/c17-15(18,19)9-1-11(26-12(2-9)16(20,21)22)13-25-7-28(27-13)5-10(14(29)30)8-3-23-6-24-4-8/h1-7H,(H,29,30)/b10-5+. The topological polar surface area (TPSA) is 107 Å². The van der Waals surface area contributed by atoms with Crippen LogP contribution in [0.1, 0.15) is 16.8 Å². The molecule has 156 valence electrons. The van der Waals surface area contributed by atoms with Gasteiger partial charge < -0.3 is 5.11 Å². The molecule has 0 radical (unpaired) electrons. The number of alkyl halides is 6. The predicted octanol–water partition coefficient (Wildman–Crippen LogP) is 3.25. The van der Waals surface area contributed by atoms with Gasteiger partial charge in [-0.2, -0.15) is 26.3 Å². The molecule has 30 heavy (non-hydrogen) atoms. The van der Waals surface area contributed by atoms with Crippen molar-refractivity contribution in [1.29, 1.82) is 0 Å². The number of carbonyl (C=O) groups is 1. The Hall–Kier alpha value is -3.84. The summed E-state index contributed by atoms with van der Waals surface area (Å²) in [7, 11) is 0. The molecule has 0 aromatic carbocycles. The molecule has 0 saturated heterocycles. The summed E-state index contributed by atoms with van der Waals surface area (Å²) in [5, 5.41) is 13.0. The minimum Gasteiger partial charge on any atom is -0.478 e. The number of halogens is 6. The third-order valence-electron chi connectivity index (χ3n) is 3.54. The van der Waals surface area contributed by atoms with E-state index in [1.165, 1.54) is 12.4 Å². The molecular weight excluding hydrogens is 422 g/mol. The van der Waals surface area contributed by atoms with E-state index in [1.54, 1.807) is 0 Å². The number of hydrogen-bond donors (Lipinski definition) is 1. The van der Waals surface area contributed by atoms with Crippen LogP contribution in [-0.4, -0.2) is 40.8 Å². The summed E-state index contributed by atoms with van der Waals surface area (Å²) < 4.78 is 78.6. The van der Waals surface area contributed by atoms with E-state index in [0.717, 1.165) is 23.5 Å². The van der Waals surface area contributed by atoms with Crippen molar-refractivity contribution in [3.05, 3.63) is 54.0 Å². The lowest BCUT2D eigenvalue weighted by Crippen LogP contribution is -2.13. The number of nitrogens with zero attached hydrogens (tertiary/aromatic N) is 6. The van der Waals surface area contributed by atoms with Crippen molar-refractivity contribution in [3.63, 3.8) is 0 Å². The van der Waals surface area contributed by atoms with Gasteiger partial charge in [-0.05, 0) is 12.1 Å². The Morgan fingerprint density at radius 2 is 1.70 bits per heavy atom. The van der Waals surface area contributed by atoms with Gasteiger partial charge in [0.25, 0.3) is 0 Å². The largest absolute Gasteiger partial charge is 0.478 e. The molecule has 0 amide bonds. The van der Waals surface area contributed by atoms with Crippen molar-refractivity contribution in [1.82, 2.24) is 29.7 Å². The van der Waals surface area contributed by atoms with Crippen LogP contribution in [0.5, 0.6) is 0 Å². The highest BCUT2D eigenvalue weighted by Crippen LogP contribution is 2.36. The van der Waals surface area contributed by atoms with Crippen LogP contribution < -0.4 is 0 Å². The van der Waals surface area contributed by atoms with Crippen LogP contribution in [0.2, 0.25) is 0 Å². The maximum atomic E-state index is 13.0. The average molecular weight is 430 g/mol. The zero-order chi connectivity index (χ0) is 22.1. The molecule has 0 aliphatic heterocycles. The van der Waals surface area contributed by atoms with E-state index in [0.29, 0.717) is 6.07 Å². The Balaban J connectivity index is 2.06. The summed E-state index contributed by atoms with van der Waals surface area (Å²) in [6, 6.07) is 0.236. The van der Waals surface area contributed by atoms with E-state index < -0.39 is 41.1 Å². The molecule has 0 atom stereocenters. The van der Waals surface area contributed by atoms with Gasteiger partial charge >= 0.3 is 18.3 Å². The lowest BCUT2D eigenvalue weighted by molar-refractivity contribution is -0.145. The van der Waals surface area contributed by atoms with Crippen LogP contribution in [0.25, 0.3) is 23.3 Å². The van der Waals surface area contributed by atoms with Crippen LogP contribution in [0.3, 0.4) is 0 Å². The maximum Gasteiger partial charge on any atom is 0.433 e. The highest BCUT2D eigenvalue weighted by atomic mass is 19.4. The second kappa shape index (κ2) is 7.53. The molecule has 3 aromatic rings. The molecule has 1 N–H and O–H groups in total. The number of aromatic nitrogens is 6. The third kappa shape index (κ3) is 4.59. The minimum absolute atomic E-state index is 0.0820. The fourth-order valence-electron chi connectivity index (χ4n) is 2.23. The van der Waals surface area contributed by atoms with Crippen LogP contribution in [0, 0.1) is 0 Å². The van der Waals surface area contributed by atoms with Crippen LogP contribution >= 0.6 is 0 Å². The van der Waals surface area contributed by atoms with Crippen molar-refractivity contribution in [2.45, 2.75) is 12.4 Å². The molecule has 3 heterocycles. The monoisotopic (exact) mass is 430 g/mol. The first-order chi connectivity index (χ1) is 13.9. The van der Waals surface area contributed by atoms with Crippen molar-refractivity contribution in [2.24, 2.45) is 0 Å². The van der Waals surface area contributed by atoms with Crippen molar-refractivity contribution in [3.8, 4) is 11.5 Å². The predicted molar refractivity (Wildman–Crippen MR) is 87.1 cm³/mol. The first kappa shape index (κ1) is 20.9. The SMILES string of the molecule is O=C(O)/C(=C/n1cnc(-c2cc(C(F)(F)F)cc(C(F)(F)F)n2)n1)c1cncnc1. The smallest absolute Gasteiger partial charge is 0.433 e. The van der Waals surface area contributed by atoms with Crippen molar-refractivity contribution < 1.29 is 36.2 Å². The number of aliphatic carboxylic acids is 1. The molecule has 0 aliphatic rings. The van der Waals surface area contributed by atoms with Crippen molar-refractivity contribution in [2.75, 3.05) is 0 Å². The summed E-state index contributed by atoms with van der Waals surface area (Å²) in [6.45, 7) is 0. The number of rotatable bonds is 4. The third-order valence-corrected chi connectivity index (χ3v) is 3.54. The number of carboxylic acids is 1. The van der Waals surface area contributed by atoms with Gasteiger partial charge in [-0.15, -0.1) is 5.10 Å². The van der Waals surface area contributed by atoms with Gasteiger partial charge in [-0.3, -0.25) is 0 Å². The Morgan fingerprint density at radius 3 is 2.27 bits per heavy atom. The molecule has 0 unspecified atom stereocenters. The van der Waals surface area contributed by atoms with E-state index in [2.05, 4.69) is 25.0 Å². The van der Waals surface area contributed by atoms with Crippen LogP contribution in [0.15, 0.2) is 37.2 Å². The molecule has 3 aromatic heterocycles. The fraction of sp³-hybridized carbons (Fsp3) is 0.125. The summed E-state index contributed by atoms with van der Waals surface area (Å²) in [4.78, 5) is 25.6. The van der Waals surface area contributed by atoms with Gasteiger partial charge in [0.15, 0.2) is 5.82 Å². The van der Waals surface area contributed by atoms with Crippen molar-refractivity contribution >= 4 is 17.7 Å². The summed E-state index contributed by atoms with van der Waals surface area (Å²) in [5.41, 5.74) is -4.41. The van der Waals surface area contributed by atoms with E-state index in [4.69, 9.17) is 0 Å². The number of carboxylic acid groups (broad SMARTS) is 1. The van der Waals surface area contributed by atoms with Gasteiger partial charge in [0, 0.05) is 24.2 Å². The van der Waals surface area contributed by atoms with E-state index in [-0.39, 0.29) is 17.2 Å². The normalized spacial score (nSPS) is 12.8. The Morgan fingerprint density at radius 1 is 1.03 bits per heavy atom. The molecule has 0 spiro atoms. The van der Waals surface area contributed by atoms with Crippen LogP contribution in [-0.2, 0) is 17.1 Å². The minimum atomic E-state index is -5.14. The Kier molecular flexibility index (Phi) is 5.24. The molecule has 0 bridgehead atoms.